The number of benzene rings is 1. The second-order valence-corrected chi connectivity index (χ2v) is 5.25. The third-order valence-electron chi connectivity index (χ3n) is 2.81. The third-order valence-corrected chi connectivity index (χ3v) is 2.81. The molecular formula is C14H20N4O. The average molecular weight is 260 g/mol. The molecular weight excluding hydrogens is 240 g/mol. The van der Waals surface area contributed by atoms with Crippen LogP contribution in [0.3, 0.4) is 0 Å². The maximum absolute atomic E-state index is 5.96. The molecule has 0 fully saturated rings. The lowest BCUT2D eigenvalue weighted by Gasteiger charge is -2.13. The molecule has 1 aromatic carbocycles. The first-order valence-electron chi connectivity index (χ1n) is 6.34. The topological polar surface area (TPSA) is 66.0 Å². The Hall–Kier alpha value is -1.88. The van der Waals surface area contributed by atoms with E-state index in [1.165, 1.54) is 5.56 Å². The van der Waals surface area contributed by atoms with E-state index in [1.807, 2.05) is 44.3 Å². The minimum Gasteiger partial charge on any atom is -0.492 e. The van der Waals surface area contributed by atoms with E-state index in [1.54, 1.807) is 4.68 Å². The van der Waals surface area contributed by atoms with Crippen LogP contribution in [0.5, 0.6) is 5.75 Å². The molecule has 5 heteroatoms. The molecule has 0 saturated carbocycles. The molecule has 0 spiro atoms. The first-order chi connectivity index (χ1) is 8.95. The fourth-order valence-corrected chi connectivity index (χ4v) is 1.59. The van der Waals surface area contributed by atoms with Crippen molar-refractivity contribution in [3.8, 4) is 5.75 Å². The highest BCUT2D eigenvalue weighted by molar-refractivity contribution is 5.26. The molecule has 1 heterocycles. The Morgan fingerprint density at radius 2 is 1.95 bits per heavy atom. The van der Waals surface area contributed by atoms with Crippen LogP contribution in [0.15, 0.2) is 30.5 Å². The van der Waals surface area contributed by atoms with E-state index >= 15 is 0 Å². The van der Waals surface area contributed by atoms with Crippen molar-refractivity contribution in [3.05, 3.63) is 41.7 Å². The van der Waals surface area contributed by atoms with Gasteiger partial charge in [0, 0.05) is 0 Å². The van der Waals surface area contributed by atoms with Crippen LogP contribution in [-0.4, -0.2) is 21.6 Å². The molecule has 0 radical (unpaired) electrons. The van der Waals surface area contributed by atoms with Gasteiger partial charge in [-0.15, -0.1) is 5.10 Å². The molecule has 0 bridgehead atoms. The Balaban J connectivity index is 1.86. The molecule has 0 aliphatic carbocycles. The minimum absolute atomic E-state index is 0.462. The predicted octanol–water partition coefficient (Wildman–Crippen LogP) is 1.86. The number of aromatic nitrogens is 3. The van der Waals surface area contributed by atoms with Gasteiger partial charge in [0.05, 0.1) is 18.3 Å². The third kappa shape index (κ3) is 3.79. The fraction of sp³-hybridized carbons (Fsp3) is 0.429. The van der Waals surface area contributed by atoms with Gasteiger partial charge >= 0.3 is 0 Å². The molecule has 1 aromatic heterocycles. The summed E-state index contributed by atoms with van der Waals surface area (Å²) in [6.45, 7) is 7.07. The van der Waals surface area contributed by atoms with Gasteiger partial charge in [0.1, 0.15) is 18.1 Å². The zero-order chi connectivity index (χ0) is 13.9. The molecule has 0 aliphatic heterocycles. The molecule has 0 aliphatic rings. The number of ether oxygens (including phenoxy) is 1. The van der Waals surface area contributed by atoms with Crippen molar-refractivity contribution in [1.82, 2.24) is 15.0 Å². The van der Waals surface area contributed by atoms with Crippen molar-refractivity contribution in [3.63, 3.8) is 0 Å². The quantitative estimate of drug-likeness (QED) is 0.891. The Morgan fingerprint density at radius 3 is 2.53 bits per heavy atom. The molecule has 2 N–H and O–H groups in total. The highest BCUT2D eigenvalue weighted by Gasteiger charge is 2.18. The van der Waals surface area contributed by atoms with Crippen LogP contribution in [0.25, 0.3) is 0 Å². The number of hydrogen-bond donors (Lipinski definition) is 1. The predicted molar refractivity (Wildman–Crippen MR) is 73.9 cm³/mol. The molecule has 0 saturated heterocycles. The Labute approximate surface area is 113 Å². The molecule has 5 nitrogen and oxygen atoms in total. The summed E-state index contributed by atoms with van der Waals surface area (Å²) in [5, 5.41) is 8.09. The van der Waals surface area contributed by atoms with Crippen molar-refractivity contribution in [2.45, 2.75) is 32.9 Å². The van der Waals surface area contributed by atoms with Gasteiger partial charge in [0.2, 0.25) is 0 Å². The highest BCUT2D eigenvalue weighted by atomic mass is 16.5. The van der Waals surface area contributed by atoms with E-state index in [4.69, 9.17) is 10.5 Å². The second kappa shape index (κ2) is 5.40. The van der Waals surface area contributed by atoms with Crippen molar-refractivity contribution in [2.24, 2.45) is 5.73 Å². The monoisotopic (exact) mass is 260 g/mol. The highest BCUT2D eigenvalue weighted by Crippen LogP contribution is 2.13. The zero-order valence-electron chi connectivity index (χ0n) is 11.6. The van der Waals surface area contributed by atoms with E-state index < -0.39 is 5.54 Å². The van der Waals surface area contributed by atoms with Crippen LogP contribution in [-0.2, 0) is 12.1 Å². The van der Waals surface area contributed by atoms with Crippen LogP contribution in [0.2, 0.25) is 0 Å². The van der Waals surface area contributed by atoms with E-state index in [-0.39, 0.29) is 0 Å². The summed E-state index contributed by atoms with van der Waals surface area (Å²) in [7, 11) is 0. The lowest BCUT2D eigenvalue weighted by Crippen LogP contribution is -2.29. The van der Waals surface area contributed by atoms with Crippen molar-refractivity contribution in [2.75, 3.05) is 6.61 Å². The SMILES string of the molecule is Cc1ccc(OCCn2cc(C(C)(C)N)nn2)cc1. The molecule has 19 heavy (non-hydrogen) atoms. The van der Waals surface area contributed by atoms with Crippen molar-refractivity contribution >= 4 is 0 Å². The van der Waals surface area contributed by atoms with Crippen LogP contribution in [0.4, 0.5) is 0 Å². The first-order valence-corrected chi connectivity index (χ1v) is 6.34. The van der Waals surface area contributed by atoms with Gasteiger partial charge in [0.15, 0.2) is 0 Å². The minimum atomic E-state index is -0.462. The number of hydrogen-bond acceptors (Lipinski definition) is 4. The summed E-state index contributed by atoms with van der Waals surface area (Å²) in [5.74, 6) is 0.866. The van der Waals surface area contributed by atoms with Gasteiger partial charge in [-0.25, -0.2) is 4.68 Å². The standard InChI is InChI=1S/C14H20N4O/c1-11-4-6-12(7-5-11)19-9-8-18-10-13(16-17-18)14(2,3)15/h4-7,10H,8-9,15H2,1-3H3. The number of nitrogens with zero attached hydrogens (tertiary/aromatic N) is 3. The van der Waals surface area contributed by atoms with Gasteiger partial charge in [-0.05, 0) is 32.9 Å². The molecule has 0 amide bonds. The first kappa shape index (κ1) is 13.5. The fourth-order valence-electron chi connectivity index (χ4n) is 1.59. The maximum atomic E-state index is 5.96. The van der Waals surface area contributed by atoms with Crippen LogP contribution >= 0.6 is 0 Å². The summed E-state index contributed by atoms with van der Waals surface area (Å²) in [5.41, 5.74) is 7.50. The van der Waals surface area contributed by atoms with Crippen molar-refractivity contribution < 1.29 is 4.74 Å². The summed E-state index contributed by atoms with van der Waals surface area (Å²) < 4.78 is 7.39. The lowest BCUT2D eigenvalue weighted by molar-refractivity contribution is 0.289. The number of aryl methyl sites for hydroxylation is 1. The smallest absolute Gasteiger partial charge is 0.119 e. The largest absolute Gasteiger partial charge is 0.492 e. The summed E-state index contributed by atoms with van der Waals surface area (Å²) in [6, 6.07) is 7.98. The summed E-state index contributed by atoms with van der Waals surface area (Å²) in [4.78, 5) is 0. The molecule has 102 valence electrons. The van der Waals surface area contributed by atoms with Gasteiger partial charge in [-0.3, -0.25) is 0 Å². The van der Waals surface area contributed by atoms with E-state index in [9.17, 15) is 0 Å². The Kier molecular flexibility index (Phi) is 3.85. The van der Waals surface area contributed by atoms with E-state index in [0.717, 1.165) is 11.4 Å². The van der Waals surface area contributed by atoms with Gasteiger partial charge < -0.3 is 10.5 Å². The number of nitrogens with two attached hydrogens (primary N) is 1. The second-order valence-electron chi connectivity index (χ2n) is 5.25. The van der Waals surface area contributed by atoms with Gasteiger partial charge in [-0.2, -0.15) is 0 Å². The lowest BCUT2D eigenvalue weighted by atomic mass is 10.0. The molecule has 0 unspecified atom stereocenters. The molecule has 2 rings (SSSR count). The maximum Gasteiger partial charge on any atom is 0.119 e. The Morgan fingerprint density at radius 1 is 1.26 bits per heavy atom. The van der Waals surface area contributed by atoms with Crippen LogP contribution in [0, 0.1) is 6.92 Å². The Bertz CT molecular complexity index is 525. The number of rotatable bonds is 5. The van der Waals surface area contributed by atoms with Crippen LogP contribution < -0.4 is 10.5 Å². The van der Waals surface area contributed by atoms with Gasteiger partial charge in [-0.1, -0.05) is 22.9 Å². The van der Waals surface area contributed by atoms with Gasteiger partial charge in [0.25, 0.3) is 0 Å². The van der Waals surface area contributed by atoms with E-state index in [2.05, 4.69) is 17.2 Å². The zero-order valence-corrected chi connectivity index (χ0v) is 11.6. The molecule has 2 aromatic rings. The van der Waals surface area contributed by atoms with Crippen LogP contribution in [0.1, 0.15) is 25.1 Å². The average Bonchev–Trinajstić information content (AvgIpc) is 2.80. The van der Waals surface area contributed by atoms with E-state index in [0.29, 0.717) is 13.2 Å². The summed E-state index contributed by atoms with van der Waals surface area (Å²) >= 11 is 0. The van der Waals surface area contributed by atoms with Crippen molar-refractivity contribution in [1.29, 1.82) is 0 Å². The molecule has 0 atom stereocenters. The summed E-state index contributed by atoms with van der Waals surface area (Å²) in [6.07, 6.45) is 1.86. The normalized spacial score (nSPS) is 11.6.